The topological polar surface area (TPSA) is 146 Å². The van der Waals surface area contributed by atoms with Gasteiger partial charge in [0.2, 0.25) is 11.9 Å². The lowest BCUT2D eigenvalue weighted by Gasteiger charge is -2.27. The Kier molecular flexibility index (Phi) is 7.03. The summed E-state index contributed by atoms with van der Waals surface area (Å²) in [4.78, 5) is 57.4. The second-order valence-electron chi connectivity index (χ2n) is 13.1. The molecule has 5 aromatic rings. The molecule has 3 aliphatic rings. The van der Waals surface area contributed by atoms with Gasteiger partial charge in [0, 0.05) is 28.0 Å². The predicted molar refractivity (Wildman–Crippen MR) is 182 cm³/mol. The van der Waals surface area contributed by atoms with Crippen molar-refractivity contribution in [1.82, 2.24) is 30.2 Å². The third-order valence-electron chi connectivity index (χ3n) is 9.66. The lowest BCUT2D eigenvalue weighted by Crippen LogP contribution is -2.52. The van der Waals surface area contributed by atoms with Crippen molar-refractivity contribution in [3.05, 3.63) is 112 Å². The smallest absolute Gasteiger partial charge is 0.270 e. The summed E-state index contributed by atoms with van der Waals surface area (Å²) >= 11 is 12.7. The zero-order valence-corrected chi connectivity index (χ0v) is 27.7. The minimum absolute atomic E-state index is 0.123. The van der Waals surface area contributed by atoms with E-state index < -0.39 is 22.5 Å². The van der Waals surface area contributed by atoms with Gasteiger partial charge in [0.1, 0.15) is 16.8 Å². The Labute approximate surface area is 290 Å². The van der Waals surface area contributed by atoms with Crippen molar-refractivity contribution in [3.63, 3.8) is 0 Å². The highest BCUT2D eigenvalue weighted by Crippen LogP contribution is 2.48. The number of imidazole rings is 1. The molecule has 0 saturated heterocycles. The summed E-state index contributed by atoms with van der Waals surface area (Å²) in [6.07, 6.45) is 5.66. The highest BCUT2D eigenvalue weighted by atomic mass is 35.5. The van der Waals surface area contributed by atoms with E-state index in [-0.39, 0.29) is 29.9 Å². The number of nitriles is 1. The number of amides is 3. The molecule has 0 radical (unpaired) electrons. The zero-order chi connectivity index (χ0) is 34.1. The molecule has 1 atom stereocenters. The van der Waals surface area contributed by atoms with Gasteiger partial charge in [-0.15, -0.1) is 0 Å². The van der Waals surface area contributed by atoms with Gasteiger partial charge in [-0.1, -0.05) is 35.3 Å². The standard InChI is InChI=1S/C36H28Cl2N8O3/c1-34(18-21-4-6-22(19-39)7-5-21)32(49)45(26-16-24(37)15-25(38)17-26)33-41-20-27(46(33)34)30(47)43-36(12-13-36)31(48)44-35(10-11-35)28-9-8-23-3-2-14-40-29(23)42-28/h2-9,14-17,20H,10-13,18H2,1H3,(H,43,47)(H,44,48)/t34-/m1/s1. The highest BCUT2D eigenvalue weighted by molar-refractivity contribution is 6.35. The molecule has 13 heteroatoms. The number of carbonyl (C=O) groups is 3. The minimum atomic E-state index is -1.31. The lowest BCUT2D eigenvalue weighted by atomic mass is 9.91. The number of hydrogen-bond acceptors (Lipinski definition) is 7. The molecule has 2 aliphatic carbocycles. The van der Waals surface area contributed by atoms with Crippen LogP contribution in [0.5, 0.6) is 0 Å². The van der Waals surface area contributed by atoms with Crippen LogP contribution in [0, 0.1) is 11.3 Å². The number of rotatable bonds is 8. The van der Waals surface area contributed by atoms with Gasteiger partial charge >= 0.3 is 0 Å². The highest BCUT2D eigenvalue weighted by Gasteiger charge is 2.57. The molecule has 0 spiro atoms. The van der Waals surface area contributed by atoms with E-state index in [2.05, 4.69) is 26.7 Å². The van der Waals surface area contributed by atoms with Crippen LogP contribution in [-0.2, 0) is 27.1 Å². The van der Waals surface area contributed by atoms with Gasteiger partial charge in [0.05, 0.1) is 34.7 Å². The molecule has 2 fully saturated rings. The summed E-state index contributed by atoms with van der Waals surface area (Å²) in [6.45, 7) is 1.74. The average Bonchev–Trinajstić information content (AvgIpc) is 3.99. The van der Waals surface area contributed by atoms with E-state index in [0.717, 1.165) is 29.5 Å². The van der Waals surface area contributed by atoms with Gasteiger partial charge in [0.25, 0.3) is 11.8 Å². The Balaban J connectivity index is 1.10. The summed E-state index contributed by atoms with van der Waals surface area (Å²) < 4.78 is 1.61. The largest absolute Gasteiger partial charge is 0.343 e. The van der Waals surface area contributed by atoms with Gasteiger partial charge in [-0.05, 0) is 92.8 Å². The number of nitrogens with zero attached hydrogens (tertiary/aromatic N) is 6. The molecule has 244 valence electrons. The molecule has 4 heterocycles. The van der Waals surface area contributed by atoms with Crippen LogP contribution in [0.2, 0.25) is 10.0 Å². The van der Waals surface area contributed by atoms with Gasteiger partial charge in [-0.2, -0.15) is 5.26 Å². The molecule has 3 amide bonds. The Morgan fingerprint density at radius 3 is 2.37 bits per heavy atom. The number of carbonyl (C=O) groups excluding carboxylic acids is 3. The number of nitrogens with one attached hydrogen (secondary N) is 2. The maximum atomic E-state index is 14.4. The number of aromatic nitrogens is 4. The maximum absolute atomic E-state index is 14.4. The van der Waals surface area contributed by atoms with Crippen LogP contribution < -0.4 is 15.5 Å². The summed E-state index contributed by atoms with van der Waals surface area (Å²) in [5.74, 6) is -0.950. The average molecular weight is 692 g/mol. The minimum Gasteiger partial charge on any atom is -0.343 e. The summed E-state index contributed by atoms with van der Waals surface area (Å²) in [6, 6.07) is 21.5. The van der Waals surface area contributed by atoms with Gasteiger partial charge in [-0.3, -0.25) is 19.0 Å². The molecule has 0 bridgehead atoms. The zero-order valence-electron chi connectivity index (χ0n) is 26.2. The molecule has 3 aromatic heterocycles. The van der Waals surface area contributed by atoms with Crippen LogP contribution in [-0.4, -0.2) is 42.8 Å². The second kappa shape index (κ2) is 11.1. The number of halogens is 2. The van der Waals surface area contributed by atoms with Crippen LogP contribution in [0.4, 0.5) is 11.6 Å². The first-order chi connectivity index (χ1) is 23.5. The third-order valence-corrected chi connectivity index (χ3v) is 10.1. The van der Waals surface area contributed by atoms with Crippen LogP contribution in [0.15, 0.2) is 79.1 Å². The third kappa shape index (κ3) is 5.19. The van der Waals surface area contributed by atoms with Crippen LogP contribution in [0.1, 0.15) is 59.9 Å². The number of hydrogen-bond donors (Lipinski definition) is 2. The van der Waals surface area contributed by atoms with Crippen molar-refractivity contribution < 1.29 is 14.4 Å². The molecule has 2 saturated carbocycles. The summed E-state index contributed by atoms with van der Waals surface area (Å²) in [5.41, 5.74) is 0.0845. The van der Waals surface area contributed by atoms with Gasteiger partial charge < -0.3 is 10.6 Å². The molecular formula is C36H28Cl2N8O3. The number of anilines is 2. The fourth-order valence-corrected chi connectivity index (χ4v) is 7.18. The van der Waals surface area contributed by atoms with Crippen LogP contribution in [0.25, 0.3) is 11.0 Å². The molecule has 2 N–H and O–H groups in total. The molecular weight excluding hydrogens is 663 g/mol. The normalized spacial score (nSPS) is 19.6. The van der Waals surface area contributed by atoms with E-state index in [4.69, 9.17) is 28.2 Å². The number of fused-ring (bicyclic) bond motifs is 2. The van der Waals surface area contributed by atoms with Crippen molar-refractivity contribution in [3.8, 4) is 6.07 Å². The van der Waals surface area contributed by atoms with Crippen molar-refractivity contribution in [2.24, 2.45) is 0 Å². The maximum Gasteiger partial charge on any atom is 0.270 e. The number of benzene rings is 2. The Bertz CT molecular complexity index is 2230. The first-order valence-corrected chi connectivity index (χ1v) is 16.6. The van der Waals surface area contributed by atoms with Gasteiger partial charge in [-0.25, -0.2) is 19.9 Å². The van der Waals surface area contributed by atoms with Crippen molar-refractivity contribution in [2.75, 3.05) is 4.90 Å². The van der Waals surface area contributed by atoms with E-state index >= 15 is 0 Å². The van der Waals surface area contributed by atoms with Crippen molar-refractivity contribution in [2.45, 2.75) is 55.6 Å². The fourth-order valence-electron chi connectivity index (χ4n) is 6.67. The Morgan fingerprint density at radius 2 is 1.69 bits per heavy atom. The van der Waals surface area contributed by atoms with Gasteiger partial charge in [0.15, 0.2) is 5.65 Å². The monoisotopic (exact) mass is 690 g/mol. The lowest BCUT2D eigenvalue weighted by molar-refractivity contribution is -0.125. The predicted octanol–water partition coefficient (Wildman–Crippen LogP) is 5.71. The first kappa shape index (κ1) is 31.0. The van der Waals surface area contributed by atoms with E-state index in [0.29, 0.717) is 39.8 Å². The number of pyridine rings is 2. The fraction of sp³-hybridized carbons (Fsp3) is 0.250. The Hall–Kier alpha value is -5.31. The molecule has 2 aromatic carbocycles. The van der Waals surface area contributed by atoms with Crippen molar-refractivity contribution >= 4 is 63.6 Å². The SMILES string of the molecule is C[C@@]1(Cc2ccc(C#N)cc2)C(=O)N(c2cc(Cl)cc(Cl)c2)c2ncc(C(=O)NC3(C(=O)NC4(c5ccc6cccnc6n5)CC4)CC3)n21. The van der Waals surface area contributed by atoms with Crippen LogP contribution in [0.3, 0.4) is 0 Å². The molecule has 49 heavy (non-hydrogen) atoms. The first-order valence-electron chi connectivity index (χ1n) is 15.8. The molecule has 8 rings (SSSR count). The van der Waals surface area contributed by atoms with Crippen molar-refractivity contribution in [1.29, 1.82) is 5.26 Å². The summed E-state index contributed by atoms with van der Waals surface area (Å²) in [7, 11) is 0. The summed E-state index contributed by atoms with van der Waals surface area (Å²) in [5, 5.41) is 17.0. The molecule has 0 unspecified atom stereocenters. The second-order valence-corrected chi connectivity index (χ2v) is 14.0. The quantitative estimate of drug-likeness (QED) is 0.212. The van der Waals surface area contributed by atoms with E-state index in [9.17, 15) is 19.6 Å². The molecule has 1 aliphatic heterocycles. The Morgan fingerprint density at radius 1 is 0.959 bits per heavy atom. The van der Waals surface area contributed by atoms with Crippen LogP contribution >= 0.6 is 23.2 Å². The molecule has 11 nitrogen and oxygen atoms in total. The van der Waals surface area contributed by atoms with E-state index in [1.54, 1.807) is 60.2 Å². The van der Waals surface area contributed by atoms with E-state index in [1.165, 1.54) is 11.1 Å². The van der Waals surface area contributed by atoms with E-state index in [1.807, 2.05) is 24.3 Å².